The lowest BCUT2D eigenvalue weighted by Gasteiger charge is -2.18. The number of carbonyl (C=O) groups excluding carboxylic acids is 1. The molecule has 1 atom stereocenters. The zero-order chi connectivity index (χ0) is 8.27. The molecule has 1 aliphatic heterocycles. The van der Waals surface area contributed by atoms with Crippen molar-refractivity contribution in [3.8, 4) is 0 Å². The number of carbonyl (C=O) groups is 1. The van der Waals surface area contributed by atoms with Crippen LogP contribution in [0, 0.1) is 5.92 Å². The molecule has 0 aromatic rings. The Balaban J connectivity index is 0.00000121. The van der Waals surface area contributed by atoms with Gasteiger partial charge in [-0.2, -0.15) is 0 Å². The van der Waals surface area contributed by atoms with Crippen molar-refractivity contribution in [3.05, 3.63) is 0 Å². The fraction of sp³-hybridized carbons (Fsp3) is 0.857. The van der Waals surface area contributed by atoms with Gasteiger partial charge in [0.1, 0.15) is 0 Å². The molecule has 0 radical (unpaired) electrons. The highest BCUT2D eigenvalue weighted by Gasteiger charge is 2.21. The molecule has 1 fully saturated rings. The van der Waals surface area contributed by atoms with Crippen molar-refractivity contribution in [2.75, 3.05) is 19.6 Å². The van der Waals surface area contributed by atoms with E-state index < -0.39 is 0 Å². The fourth-order valence-electron chi connectivity index (χ4n) is 1.09. The largest absolute Gasteiger partial charge is 0.330 e. The molecule has 1 heterocycles. The monoisotopic (exact) mass is 193 g/mol. The van der Waals surface area contributed by atoms with Gasteiger partial charge in [0.15, 0.2) is 0 Å². The maximum absolute atomic E-state index is 11.4. The standard InChI is InChI=1S/C7H15N3O.ClH/c1-6(5-8)7(11)10-4-2-3-9-10;/h6,9H,2-5,8H2,1H3;1H. The van der Waals surface area contributed by atoms with Crippen LogP contribution in [0.2, 0.25) is 0 Å². The Hall–Kier alpha value is -0.320. The molecule has 1 unspecified atom stereocenters. The Morgan fingerprint density at radius 1 is 1.75 bits per heavy atom. The number of hydrogen-bond acceptors (Lipinski definition) is 3. The number of nitrogens with zero attached hydrogens (tertiary/aromatic N) is 1. The molecule has 12 heavy (non-hydrogen) atoms. The average molecular weight is 194 g/mol. The molecule has 0 bridgehead atoms. The van der Waals surface area contributed by atoms with Crippen LogP contribution in [0.5, 0.6) is 0 Å². The summed E-state index contributed by atoms with van der Waals surface area (Å²) in [5.41, 5.74) is 8.37. The SMILES string of the molecule is CC(CN)C(=O)N1CCCN1.Cl. The fourth-order valence-corrected chi connectivity index (χ4v) is 1.09. The minimum absolute atomic E-state index is 0. The number of rotatable bonds is 2. The Morgan fingerprint density at radius 2 is 2.42 bits per heavy atom. The smallest absolute Gasteiger partial charge is 0.240 e. The average Bonchev–Trinajstić information content (AvgIpc) is 2.53. The highest BCUT2D eigenvalue weighted by atomic mass is 35.5. The number of nitrogens with two attached hydrogens (primary N) is 1. The maximum Gasteiger partial charge on any atom is 0.240 e. The lowest BCUT2D eigenvalue weighted by atomic mass is 10.1. The van der Waals surface area contributed by atoms with Crippen LogP contribution in [0.15, 0.2) is 0 Å². The van der Waals surface area contributed by atoms with Gasteiger partial charge in [0.25, 0.3) is 0 Å². The number of nitrogens with one attached hydrogen (secondary N) is 1. The molecule has 0 saturated carbocycles. The second kappa shape index (κ2) is 5.35. The van der Waals surface area contributed by atoms with Crippen LogP contribution in [0.3, 0.4) is 0 Å². The van der Waals surface area contributed by atoms with E-state index in [-0.39, 0.29) is 24.2 Å². The Morgan fingerprint density at radius 3 is 2.83 bits per heavy atom. The quantitative estimate of drug-likeness (QED) is 0.636. The van der Waals surface area contributed by atoms with Crippen molar-refractivity contribution in [1.29, 1.82) is 0 Å². The van der Waals surface area contributed by atoms with E-state index in [9.17, 15) is 4.79 Å². The molecular formula is C7H16ClN3O. The van der Waals surface area contributed by atoms with Gasteiger partial charge in [-0.15, -0.1) is 12.4 Å². The summed E-state index contributed by atoms with van der Waals surface area (Å²) < 4.78 is 0. The van der Waals surface area contributed by atoms with Crippen LogP contribution in [-0.2, 0) is 4.79 Å². The van der Waals surface area contributed by atoms with Gasteiger partial charge < -0.3 is 5.73 Å². The van der Waals surface area contributed by atoms with E-state index in [4.69, 9.17) is 5.73 Å². The molecule has 0 aliphatic carbocycles. The molecule has 72 valence electrons. The lowest BCUT2D eigenvalue weighted by molar-refractivity contribution is -0.136. The summed E-state index contributed by atoms with van der Waals surface area (Å²) in [7, 11) is 0. The van der Waals surface area contributed by atoms with Crippen molar-refractivity contribution >= 4 is 18.3 Å². The third-order valence-electron chi connectivity index (χ3n) is 1.90. The van der Waals surface area contributed by atoms with Crippen LogP contribution in [0.4, 0.5) is 0 Å². The molecule has 4 nitrogen and oxygen atoms in total. The molecule has 1 aliphatic rings. The summed E-state index contributed by atoms with van der Waals surface area (Å²) in [6.07, 6.45) is 1.04. The van der Waals surface area contributed by atoms with E-state index in [1.807, 2.05) is 6.92 Å². The minimum atomic E-state index is -0.0550. The van der Waals surface area contributed by atoms with Crippen molar-refractivity contribution in [2.24, 2.45) is 11.7 Å². The molecule has 1 amide bonds. The summed E-state index contributed by atoms with van der Waals surface area (Å²) in [6.45, 7) is 4.01. The Kier molecular flexibility index (Phi) is 5.20. The van der Waals surface area contributed by atoms with Gasteiger partial charge in [0.2, 0.25) is 5.91 Å². The van der Waals surface area contributed by atoms with Crippen LogP contribution in [0.25, 0.3) is 0 Å². The highest BCUT2D eigenvalue weighted by Crippen LogP contribution is 2.03. The van der Waals surface area contributed by atoms with Crippen LogP contribution in [-0.4, -0.2) is 30.6 Å². The van der Waals surface area contributed by atoms with Gasteiger partial charge in [-0.3, -0.25) is 9.80 Å². The van der Waals surface area contributed by atoms with Crippen LogP contribution >= 0.6 is 12.4 Å². The van der Waals surface area contributed by atoms with Crippen molar-refractivity contribution in [1.82, 2.24) is 10.4 Å². The van der Waals surface area contributed by atoms with Crippen molar-refractivity contribution in [3.63, 3.8) is 0 Å². The number of hydrazine groups is 1. The van der Waals surface area contributed by atoms with Gasteiger partial charge >= 0.3 is 0 Å². The second-order valence-electron chi connectivity index (χ2n) is 2.89. The van der Waals surface area contributed by atoms with Crippen molar-refractivity contribution in [2.45, 2.75) is 13.3 Å². The lowest BCUT2D eigenvalue weighted by Crippen LogP contribution is -2.42. The Bertz CT molecular complexity index is 148. The zero-order valence-electron chi connectivity index (χ0n) is 7.25. The van der Waals surface area contributed by atoms with Gasteiger partial charge in [-0.05, 0) is 6.42 Å². The van der Waals surface area contributed by atoms with E-state index in [2.05, 4.69) is 5.43 Å². The maximum atomic E-state index is 11.4. The first-order valence-corrected chi connectivity index (χ1v) is 4.00. The molecule has 0 aromatic carbocycles. The summed E-state index contributed by atoms with van der Waals surface area (Å²) >= 11 is 0. The van der Waals surface area contributed by atoms with E-state index >= 15 is 0 Å². The molecule has 0 aromatic heterocycles. The normalized spacial score (nSPS) is 18.7. The van der Waals surface area contributed by atoms with E-state index in [0.717, 1.165) is 19.5 Å². The van der Waals surface area contributed by atoms with Gasteiger partial charge in [-0.1, -0.05) is 6.92 Å². The first kappa shape index (κ1) is 11.7. The van der Waals surface area contributed by atoms with Crippen molar-refractivity contribution < 1.29 is 4.79 Å². The zero-order valence-corrected chi connectivity index (χ0v) is 8.06. The summed E-state index contributed by atoms with van der Waals surface area (Å²) in [5.74, 6) is 0.0607. The molecule has 0 spiro atoms. The van der Waals surface area contributed by atoms with E-state index in [0.29, 0.717) is 6.54 Å². The molecule has 3 N–H and O–H groups in total. The third-order valence-corrected chi connectivity index (χ3v) is 1.90. The van der Waals surface area contributed by atoms with Gasteiger partial charge in [-0.25, -0.2) is 5.43 Å². The van der Waals surface area contributed by atoms with Gasteiger partial charge in [0, 0.05) is 25.6 Å². The summed E-state index contributed by atoms with van der Waals surface area (Å²) in [5, 5.41) is 1.66. The molecular weight excluding hydrogens is 178 g/mol. The number of amides is 1. The molecule has 1 rings (SSSR count). The topological polar surface area (TPSA) is 58.4 Å². The Labute approximate surface area is 78.9 Å². The first-order chi connectivity index (χ1) is 5.25. The number of halogens is 1. The molecule has 5 heteroatoms. The highest BCUT2D eigenvalue weighted by molar-refractivity contribution is 5.85. The second-order valence-corrected chi connectivity index (χ2v) is 2.89. The number of hydrogen-bond donors (Lipinski definition) is 2. The predicted octanol–water partition coefficient (Wildman–Crippen LogP) is -0.260. The summed E-state index contributed by atoms with van der Waals surface area (Å²) in [4.78, 5) is 11.4. The van der Waals surface area contributed by atoms with Crippen LogP contribution < -0.4 is 11.2 Å². The predicted molar refractivity (Wildman–Crippen MR) is 49.8 cm³/mol. The summed E-state index contributed by atoms with van der Waals surface area (Å²) in [6, 6.07) is 0. The van der Waals surface area contributed by atoms with E-state index in [1.165, 1.54) is 0 Å². The molecule has 1 saturated heterocycles. The van der Waals surface area contributed by atoms with E-state index in [1.54, 1.807) is 5.01 Å². The third kappa shape index (κ3) is 2.62. The van der Waals surface area contributed by atoms with Crippen LogP contribution in [0.1, 0.15) is 13.3 Å². The minimum Gasteiger partial charge on any atom is -0.330 e. The first-order valence-electron chi connectivity index (χ1n) is 4.00. The van der Waals surface area contributed by atoms with Gasteiger partial charge in [0.05, 0.1) is 0 Å².